The van der Waals surface area contributed by atoms with Crippen molar-refractivity contribution >= 4 is 17.4 Å². The van der Waals surface area contributed by atoms with Crippen LogP contribution in [-0.2, 0) is 18.9 Å². The summed E-state index contributed by atoms with van der Waals surface area (Å²) < 4.78 is 7.64. The predicted octanol–water partition coefficient (Wildman–Crippen LogP) is 0.948. The fourth-order valence-electron chi connectivity index (χ4n) is 3.34. The van der Waals surface area contributed by atoms with Crippen LogP contribution in [0.5, 0.6) is 5.75 Å². The minimum atomic E-state index is -0.373. The number of anilines is 2. The highest BCUT2D eigenvalue weighted by molar-refractivity contribution is 5.93. The van der Waals surface area contributed by atoms with Gasteiger partial charge in [-0.1, -0.05) is 0 Å². The number of carbonyl (C=O) groups is 1. The van der Waals surface area contributed by atoms with Crippen LogP contribution in [0.15, 0.2) is 39.9 Å². The maximum atomic E-state index is 12.7. The molecule has 1 aliphatic rings. The normalized spacial score (nSPS) is 16.9. The van der Waals surface area contributed by atoms with E-state index in [9.17, 15) is 14.4 Å². The quantitative estimate of drug-likeness (QED) is 0.864. The van der Waals surface area contributed by atoms with Gasteiger partial charge in [-0.3, -0.25) is 18.7 Å². The molecule has 1 fully saturated rings. The molecule has 3 rings (SSSR count). The van der Waals surface area contributed by atoms with Gasteiger partial charge in [0.15, 0.2) is 0 Å². The molecule has 1 aromatic heterocycles. The molecule has 8 nitrogen and oxygen atoms in total. The third-order valence-corrected chi connectivity index (χ3v) is 4.97. The van der Waals surface area contributed by atoms with Gasteiger partial charge in [0.05, 0.1) is 13.0 Å². The largest absolute Gasteiger partial charge is 0.497 e. The van der Waals surface area contributed by atoms with Crippen molar-refractivity contribution in [1.82, 2.24) is 9.13 Å². The fourth-order valence-corrected chi connectivity index (χ4v) is 3.34. The topological polar surface area (TPSA) is 85.6 Å². The van der Waals surface area contributed by atoms with Crippen LogP contribution >= 0.6 is 0 Å². The molecule has 1 amide bonds. The summed E-state index contributed by atoms with van der Waals surface area (Å²) in [5, 5.41) is 2.93. The van der Waals surface area contributed by atoms with Crippen LogP contribution in [0.3, 0.4) is 0 Å². The number of hydrogen-bond acceptors (Lipinski definition) is 5. The molecule has 1 aromatic carbocycles. The van der Waals surface area contributed by atoms with Gasteiger partial charge in [-0.25, -0.2) is 4.79 Å². The minimum absolute atomic E-state index is 0.0706. The van der Waals surface area contributed by atoms with Gasteiger partial charge in [0, 0.05) is 38.9 Å². The zero-order valence-electron chi connectivity index (χ0n) is 15.8. The van der Waals surface area contributed by atoms with E-state index in [0.29, 0.717) is 24.6 Å². The molecule has 0 spiro atoms. The zero-order chi connectivity index (χ0) is 19.6. The molecule has 1 N–H and O–H groups in total. The maximum absolute atomic E-state index is 12.7. The number of benzene rings is 1. The van der Waals surface area contributed by atoms with Crippen LogP contribution in [0.4, 0.5) is 11.5 Å². The SMILES string of the molecule is COc1ccc(NC(=O)C2CCCN(c3cc(=O)n(C)c(=O)n3C)C2)cc1. The van der Waals surface area contributed by atoms with Crippen LogP contribution < -0.4 is 26.2 Å². The summed E-state index contributed by atoms with van der Waals surface area (Å²) in [4.78, 5) is 38.8. The molecular formula is C19H24N4O4. The van der Waals surface area contributed by atoms with Crippen molar-refractivity contribution in [2.75, 3.05) is 30.4 Å². The Morgan fingerprint density at radius 1 is 1.15 bits per heavy atom. The highest BCUT2D eigenvalue weighted by Gasteiger charge is 2.27. The Morgan fingerprint density at radius 3 is 2.52 bits per heavy atom. The van der Waals surface area contributed by atoms with Gasteiger partial charge >= 0.3 is 5.69 Å². The van der Waals surface area contributed by atoms with Gasteiger partial charge in [-0.05, 0) is 37.1 Å². The lowest BCUT2D eigenvalue weighted by Crippen LogP contribution is -2.45. The molecule has 1 unspecified atom stereocenters. The van der Waals surface area contributed by atoms with Crippen LogP contribution in [-0.4, -0.2) is 35.2 Å². The zero-order valence-corrected chi connectivity index (χ0v) is 15.8. The van der Waals surface area contributed by atoms with Crippen LogP contribution in [0.1, 0.15) is 12.8 Å². The minimum Gasteiger partial charge on any atom is -0.497 e. The summed E-state index contributed by atoms with van der Waals surface area (Å²) in [6, 6.07) is 8.62. The second-order valence-electron chi connectivity index (χ2n) is 6.74. The number of nitrogens with one attached hydrogen (secondary N) is 1. The van der Waals surface area contributed by atoms with Crippen molar-refractivity contribution in [1.29, 1.82) is 0 Å². The standard InChI is InChI=1S/C19H24N4O4/c1-21-16(11-17(24)22(2)19(21)26)23-10-4-5-13(12-23)18(25)20-14-6-8-15(27-3)9-7-14/h6-9,11,13H,4-5,10,12H2,1-3H3,(H,20,25). The number of piperidine rings is 1. The molecule has 2 aromatic rings. The van der Waals surface area contributed by atoms with Gasteiger partial charge in [-0.2, -0.15) is 0 Å². The van der Waals surface area contributed by atoms with Crippen molar-refractivity contribution in [3.05, 3.63) is 51.2 Å². The Kier molecular flexibility index (Phi) is 5.34. The van der Waals surface area contributed by atoms with E-state index in [0.717, 1.165) is 23.2 Å². The number of carbonyl (C=O) groups excluding carboxylic acids is 1. The molecule has 144 valence electrons. The van der Waals surface area contributed by atoms with E-state index < -0.39 is 0 Å². The Morgan fingerprint density at radius 2 is 1.85 bits per heavy atom. The molecular weight excluding hydrogens is 348 g/mol. The summed E-state index contributed by atoms with van der Waals surface area (Å²) >= 11 is 0. The van der Waals surface area contributed by atoms with E-state index in [2.05, 4.69) is 5.32 Å². The number of nitrogens with zero attached hydrogens (tertiary/aromatic N) is 3. The van der Waals surface area contributed by atoms with E-state index in [1.807, 2.05) is 4.90 Å². The van der Waals surface area contributed by atoms with Gasteiger partial charge in [0.25, 0.3) is 5.56 Å². The lowest BCUT2D eigenvalue weighted by atomic mass is 9.97. The Balaban J connectivity index is 1.75. The van der Waals surface area contributed by atoms with E-state index in [1.54, 1.807) is 38.4 Å². The van der Waals surface area contributed by atoms with Gasteiger partial charge < -0.3 is 15.0 Å². The van der Waals surface area contributed by atoms with E-state index in [1.165, 1.54) is 17.7 Å². The summed E-state index contributed by atoms with van der Waals surface area (Å²) in [5.74, 6) is 0.979. The Hall–Kier alpha value is -3.03. The first-order valence-corrected chi connectivity index (χ1v) is 8.87. The molecule has 1 aliphatic heterocycles. The van der Waals surface area contributed by atoms with E-state index in [-0.39, 0.29) is 23.1 Å². The van der Waals surface area contributed by atoms with Crippen molar-refractivity contribution in [2.24, 2.45) is 20.0 Å². The van der Waals surface area contributed by atoms with Crippen LogP contribution in [0.25, 0.3) is 0 Å². The van der Waals surface area contributed by atoms with Crippen molar-refractivity contribution in [2.45, 2.75) is 12.8 Å². The molecule has 27 heavy (non-hydrogen) atoms. The highest BCUT2D eigenvalue weighted by Crippen LogP contribution is 2.23. The van der Waals surface area contributed by atoms with E-state index >= 15 is 0 Å². The van der Waals surface area contributed by atoms with E-state index in [4.69, 9.17) is 4.74 Å². The molecule has 1 atom stereocenters. The third-order valence-electron chi connectivity index (χ3n) is 4.97. The predicted molar refractivity (Wildman–Crippen MR) is 103 cm³/mol. The van der Waals surface area contributed by atoms with Gasteiger partial charge in [0.1, 0.15) is 11.6 Å². The maximum Gasteiger partial charge on any atom is 0.332 e. The Labute approximate surface area is 157 Å². The highest BCUT2D eigenvalue weighted by atomic mass is 16.5. The second kappa shape index (κ2) is 7.69. The summed E-state index contributed by atoms with van der Waals surface area (Å²) in [5.41, 5.74) is -0.0147. The van der Waals surface area contributed by atoms with Gasteiger partial charge in [0.2, 0.25) is 5.91 Å². The monoisotopic (exact) mass is 372 g/mol. The smallest absolute Gasteiger partial charge is 0.332 e. The van der Waals surface area contributed by atoms with Crippen molar-refractivity contribution in [3.8, 4) is 5.75 Å². The summed E-state index contributed by atoms with van der Waals surface area (Å²) in [6.45, 7) is 1.16. The summed E-state index contributed by atoms with van der Waals surface area (Å²) in [7, 11) is 4.68. The first kappa shape index (κ1) is 18.8. The number of rotatable bonds is 4. The molecule has 1 saturated heterocycles. The van der Waals surface area contributed by atoms with Crippen LogP contribution in [0, 0.1) is 5.92 Å². The first-order valence-electron chi connectivity index (χ1n) is 8.87. The average Bonchev–Trinajstić information content (AvgIpc) is 2.69. The number of aromatic nitrogens is 2. The lowest BCUT2D eigenvalue weighted by molar-refractivity contribution is -0.120. The van der Waals surface area contributed by atoms with Crippen molar-refractivity contribution in [3.63, 3.8) is 0 Å². The number of ether oxygens (including phenoxy) is 1. The fraction of sp³-hybridized carbons (Fsp3) is 0.421. The van der Waals surface area contributed by atoms with Gasteiger partial charge in [-0.15, -0.1) is 0 Å². The average molecular weight is 372 g/mol. The molecule has 0 radical (unpaired) electrons. The van der Waals surface area contributed by atoms with Crippen LogP contribution in [0.2, 0.25) is 0 Å². The molecule has 2 heterocycles. The number of methoxy groups -OCH3 is 1. The second-order valence-corrected chi connectivity index (χ2v) is 6.74. The first-order chi connectivity index (χ1) is 12.9. The Bertz CT molecular complexity index is 946. The molecule has 0 bridgehead atoms. The molecule has 0 aliphatic carbocycles. The number of hydrogen-bond donors (Lipinski definition) is 1. The number of amides is 1. The lowest BCUT2D eigenvalue weighted by Gasteiger charge is -2.34. The van der Waals surface area contributed by atoms with Crippen molar-refractivity contribution < 1.29 is 9.53 Å². The molecule has 8 heteroatoms. The summed E-state index contributed by atoms with van der Waals surface area (Å²) in [6.07, 6.45) is 1.57. The third kappa shape index (κ3) is 3.89. The molecule has 0 saturated carbocycles.